The van der Waals surface area contributed by atoms with E-state index in [1.165, 1.54) is 0 Å². The van der Waals surface area contributed by atoms with Crippen LogP contribution < -0.4 is 5.32 Å². The molecule has 0 aliphatic heterocycles. The zero-order chi connectivity index (χ0) is 13.1. The molecule has 1 atom stereocenters. The van der Waals surface area contributed by atoms with E-state index in [4.69, 9.17) is 11.6 Å². The minimum Gasteiger partial charge on any atom is -0.381 e. The molecule has 3 nitrogen and oxygen atoms in total. The van der Waals surface area contributed by atoms with Crippen LogP contribution in [0.2, 0.25) is 5.02 Å². The summed E-state index contributed by atoms with van der Waals surface area (Å²) in [5.41, 5.74) is 1.91. The molecule has 0 aliphatic carbocycles. The van der Waals surface area contributed by atoms with Gasteiger partial charge in [0.15, 0.2) is 0 Å². The average Bonchev–Trinajstić information content (AvgIpc) is 2.82. The molecular formula is C14H18ClN3. The van der Waals surface area contributed by atoms with E-state index >= 15 is 0 Å². The highest BCUT2D eigenvalue weighted by Crippen LogP contribution is 2.29. The van der Waals surface area contributed by atoms with Gasteiger partial charge in [0, 0.05) is 18.4 Å². The zero-order valence-corrected chi connectivity index (χ0v) is 11.6. The van der Waals surface area contributed by atoms with Gasteiger partial charge in [-0.1, -0.05) is 31.5 Å². The van der Waals surface area contributed by atoms with Crippen molar-refractivity contribution < 1.29 is 0 Å². The molecule has 1 aromatic carbocycles. The Bertz CT molecular complexity index is 506. The Hall–Kier alpha value is -1.48. The summed E-state index contributed by atoms with van der Waals surface area (Å²) in [5, 5.41) is 8.44. The molecule has 96 valence electrons. The molecule has 2 aromatic rings. The molecule has 0 saturated carbocycles. The Morgan fingerprint density at radius 1 is 1.22 bits per heavy atom. The molecule has 4 heteroatoms. The van der Waals surface area contributed by atoms with Crippen LogP contribution in [0.5, 0.6) is 0 Å². The number of nitrogens with one attached hydrogen (secondary N) is 1. The van der Waals surface area contributed by atoms with E-state index in [1.54, 1.807) is 10.9 Å². The number of aromatic nitrogens is 2. The fraction of sp³-hybridized carbons (Fsp3) is 0.357. The van der Waals surface area contributed by atoms with Gasteiger partial charge in [-0.25, -0.2) is 4.68 Å². The minimum atomic E-state index is 0.373. The Kier molecular flexibility index (Phi) is 3.92. The molecule has 1 heterocycles. The van der Waals surface area contributed by atoms with Gasteiger partial charge >= 0.3 is 0 Å². The Balaban J connectivity index is 2.39. The van der Waals surface area contributed by atoms with Gasteiger partial charge in [-0.15, -0.1) is 0 Å². The highest BCUT2D eigenvalue weighted by atomic mass is 35.5. The molecule has 0 saturated heterocycles. The van der Waals surface area contributed by atoms with Crippen molar-refractivity contribution in [1.29, 1.82) is 0 Å². The summed E-state index contributed by atoms with van der Waals surface area (Å²) >= 11 is 6.28. The lowest BCUT2D eigenvalue weighted by Gasteiger charge is -2.21. The number of halogens is 1. The van der Waals surface area contributed by atoms with E-state index in [-0.39, 0.29) is 0 Å². The molecular weight excluding hydrogens is 246 g/mol. The Labute approximate surface area is 113 Å². The summed E-state index contributed by atoms with van der Waals surface area (Å²) < 4.78 is 1.79. The Morgan fingerprint density at radius 3 is 2.61 bits per heavy atom. The van der Waals surface area contributed by atoms with Crippen molar-refractivity contribution >= 4 is 17.3 Å². The summed E-state index contributed by atoms with van der Waals surface area (Å²) in [4.78, 5) is 0. The van der Waals surface area contributed by atoms with E-state index in [0.717, 1.165) is 11.4 Å². The maximum Gasteiger partial charge on any atom is 0.106 e. The van der Waals surface area contributed by atoms with Crippen LogP contribution in [0.1, 0.15) is 20.8 Å². The smallest absolute Gasteiger partial charge is 0.106 e. The van der Waals surface area contributed by atoms with Gasteiger partial charge in [-0.3, -0.25) is 0 Å². The molecule has 0 fully saturated rings. The molecule has 0 amide bonds. The number of rotatable bonds is 4. The van der Waals surface area contributed by atoms with Crippen molar-refractivity contribution in [2.75, 3.05) is 5.32 Å². The van der Waals surface area contributed by atoms with Crippen molar-refractivity contribution in [3.63, 3.8) is 0 Å². The monoisotopic (exact) mass is 263 g/mol. The first-order chi connectivity index (χ1) is 8.59. The summed E-state index contributed by atoms with van der Waals surface area (Å²) in [5.74, 6) is 0.550. The van der Waals surface area contributed by atoms with Gasteiger partial charge in [0.25, 0.3) is 0 Å². The van der Waals surface area contributed by atoms with E-state index in [9.17, 15) is 0 Å². The first-order valence-electron chi connectivity index (χ1n) is 6.14. The standard InChI is InChI=1S/C14H18ClN3/c1-10(2)11(3)17-13-7-4-6-12(15)14(13)18-9-5-8-16-18/h4-11,17H,1-3H3. The first kappa shape index (κ1) is 13.0. The lowest BCUT2D eigenvalue weighted by Crippen LogP contribution is -2.22. The zero-order valence-electron chi connectivity index (χ0n) is 10.9. The van der Waals surface area contributed by atoms with Crippen LogP contribution in [0.4, 0.5) is 5.69 Å². The van der Waals surface area contributed by atoms with Crippen molar-refractivity contribution in [2.45, 2.75) is 26.8 Å². The quantitative estimate of drug-likeness (QED) is 0.904. The number of para-hydroxylation sites is 1. The second-order valence-corrected chi connectivity index (χ2v) is 5.17. The van der Waals surface area contributed by atoms with Crippen molar-refractivity contribution in [2.24, 2.45) is 5.92 Å². The fourth-order valence-corrected chi connectivity index (χ4v) is 1.94. The summed E-state index contributed by atoms with van der Waals surface area (Å²) in [7, 11) is 0. The molecule has 2 rings (SSSR count). The number of anilines is 1. The molecule has 1 unspecified atom stereocenters. The lowest BCUT2D eigenvalue weighted by atomic mass is 10.1. The number of hydrogen-bond donors (Lipinski definition) is 1. The molecule has 0 spiro atoms. The largest absolute Gasteiger partial charge is 0.381 e. The summed E-state index contributed by atoms with van der Waals surface area (Å²) in [6.07, 6.45) is 3.64. The van der Waals surface area contributed by atoms with Gasteiger partial charge in [0.2, 0.25) is 0 Å². The molecule has 0 radical (unpaired) electrons. The van der Waals surface area contributed by atoms with Crippen LogP contribution in [0.3, 0.4) is 0 Å². The van der Waals surface area contributed by atoms with E-state index in [0.29, 0.717) is 17.0 Å². The number of nitrogens with zero attached hydrogens (tertiary/aromatic N) is 2. The highest BCUT2D eigenvalue weighted by Gasteiger charge is 2.13. The van der Waals surface area contributed by atoms with Crippen molar-refractivity contribution in [3.8, 4) is 5.69 Å². The third-order valence-corrected chi connectivity index (χ3v) is 3.41. The predicted molar refractivity (Wildman–Crippen MR) is 76.5 cm³/mol. The van der Waals surface area contributed by atoms with Crippen LogP contribution in [-0.2, 0) is 0 Å². The normalized spacial score (nSPS) is 12.7. The number of benzene rings is 1. The third-order valence-electron chi connectivity index (χ3n) is 3.10. The summed E-state index contributed by atoms with van der Waals surface area (Å²) in [6, 6.07) is 8.12. The van der Waals surface area contributed by atoms with Crippen molar-refractivity contribution in [3.05, 3.63) is 41.7 Å². The van der Waals surface area contributed by atoms with E-state index in [2.05, 4.69) is 31.2 Å². The molecule has 1 aromatic heterocycles. The fourth-order valence-electron chi connectivity index (χ4n) is 1.68. The maximum absolute atomic E-state index is 6.28. The maximum atomic E-state index is 6.28. The highest BCUT2D eigenvalue weighted by molar-refractivity contribution is 6.33. The van der Waals surface area contributed by atoms with Gasteiger partial charge in [0.05, 0.1) is 10.7 Å². The van der Waals surface area contributed by atoms with Gasteiger partial charge in [-0.05, 0) is 31.0 Å². The van der Waals surface area contributed by atoms with Crippen LogP contribution in [0.15, 0.2) is 36.7 Å². The summed E-state index contributed by atoms with van der Waals surface area (Å²) in [6.45, 7) is 6.55. The van der Waals surface area contributed by atoms with Gasteiger partial charge in [-0.2, -0.15) is 5.10 Å². The van der Waals surface area contributed by atoms with Crippen LogP contribution in [-0.4, -0.2) is 15.8 Å². The van der Waals surface area contributed by atoms with Crippen LogP contribution >= 0.6 is 11.6 Å². The van der Waals surface area contributed by atoms with Gasteiger partial charge < -0.3 is 5.32 Å². The second kappa shape index (κ2) is 5.44. The second-order valence-electron chi connectivity index (χ2n) is 4.76. The van der Waals surface area contributed by atoms with Crippen molar-refractivity contribution in [1.82, 2.24) is 9.78 Å². The number of hydrogen-bond acceptors (Lipinski definition) is 2. The molecule has 0 aliphatic rings. The molecule has 1 N–H and O–H groups in total. The van der Waals surface area contributed by atoms with Crippen LogP contribution in [0, 0.1) is 5.92 Å². The SMILES string of the molecule is CC(C)C(C)Nc1cccc(Cl)c1-n1cccn1. The third kappa shape index (κ3) is 2.67. The molecule has 18 heavy (non-hydrogen) atoms. The first-order valence-corrected chi connectivity index (χ1v) is 6.52. The van der Waals surface area contributed by atoms with Gasteiger partial charge in [0.1, 0.15) is 5.69 Å². The molecule has 0 bridgehead atoms. The van der Waals surface area contributed by atoms with Crippen LogP contribution in [0.25, 0.3) is 5.69 Å². The lowest BCUT2D eigenvalue weighted by molar-refractivity contribution is 0.559. The Morgan fingerprint density at radius 2 is 2.00 bits per heavy atom. The average molecular weight is 264 g/mol. The minimum absolute atomic E-state index is 0.373. The van der Waals surface area contributed by atoms with E-state index in [1.807, 2.05) is 30.5 Å². The topological polar surface area (TPSA) is 29.9 Å². The van der Waals surface area contributed by atoms with E-state index < -0.39 is 0 Å². The predicted octanol–water partition coefficient (Wildman–Crippen LogP) is 3.98.